The number of hydrogen-bond donors (Lipinski definition) is 0. The number of alkyl halides is 1. The summed E-state index contributed by atoms with van der Waals surface area (Å²) in [6.07, 6.45) is 1.47. The van der Waals surface area contributed by atoms with Crippen LogP contribution in [-0.2, 0) is 9.47 Å². The van der Waals surface area contributed by atoms with E-state index in [1.54, 1.807) is 4.90 Å². The number of likely N-dealkylation sites (tertiary alicyclic amines) is 1. The minimum Gasteiger partial charge on any atom is -0.444 e. The van der Waals surface area contributed by atoms with Gasteiger partial charge in [-0.15, -0.1) is 0 Å². The molecule has 0 saturated carbocycles. The molecule has 98 valence electrons. The third-order valence-electron chi connectivity index (χ3n) is 3.14. The first-order valence-electron chi connectivity index (χ1n) is 6.08. The summed E-state index contributed by atoms with van der Waals surface area (Å²) in [5.41, 5.74) is -0.416. The van der Waals surface area contributed by atoms with Gasteiger partial charge in [-0.25, -0.2) is 4.79 Å². The van der Waals surface area contributed by atoms with E-state index in [-0.39, 0.29) is 12.2 Å². The third-order valence-corrected chi connectivity index (χ3v) is 4.12. The Bertz CT molecular complexity index is 289. The van der Waals surface area contributed by atoms with Crippen molar-refractivity contribution < 1.29 is 14.3 Å². The lowest BCUT2D eigenvalue weighted by Crippen LogP contribution is -2.36. The van der Waals surface area contributed by atoms with E-state index in [0.29, 0.717) is 18.6 Å². The Balaban J connectivity index is 1.86. The lowest BCUT2D eigenvalue weighted by Gasteiger charge is -2.25. The zero-order valence-corrected chi connectivity index (χ0v) is 12.8. The summed E-state index contributed by atoms with van der Waals surface area (Å²) in [6, 6.07) is 0. The molecule has 4 nitrogen and oxygen atoms in total. The molecule has 1 amide bonds. The first kappa shape index (κ1) is 13.4. The summed E-state index contributed by atoms with van der Waals surface area (Å²) in [4.78, 5) is 13.7. The van der Waals surface area contributed by atoms with E-state index in [4.69, 9.17) is 9.47 Å². The molecule has 3 atom stereocenters. The number of ether oxygens (including phenoxy) is 2. The zero-order chi connectivity index (χ0) is 12.6. The third kappa shape index (κ3) is 3.24. The second-order valence-electron chi connectivity index (χ2n) is 5.83. The van der Waals surface area contributed by atoms with Gasteiger partial charge in [0.15, 0.2) is 0 Å². The van der Waals surface area contributed by atoms with Gasteiger partial charge in [0.25, 0.3) is 0 Å². The molecule has 2 rings (SSSR count). The first-order chi connectivity index (χ1) is 7.89. The monoisotopic (exact) mass is 353 g/mol. The summed E-state index contributed by atoms with van der Waals surface area (Å²) in [5.74, 6) is 0.502. The Kier molecular flexibility index (Phi) is 3.87. The molecule has 0 N–H and O–H groups in total. The second kappa shape index (κ2) is 4.91. The fraction of sp³-hybridized carbons (Fsp3) is 0.917. The topological polar surface area (TPSA) is 38.8 Å². The van der Waals surface area contributed by atoms with E-state index in [0.717, 1.165) is 17.4 Å². The molecule has 0 radical (unpaired) electrons. The normalized spacial score (nSPS) is 32.7. The molecule has 0 aromatic heterocycles. The Labute approximate surface area is 116 Å². The molecule has 5 heteroatoms. The van der Waals surface area contributed by atoms with Crippen molar-refractivity contribution in [2.24, 2.45) is 5.92 Å². The van der Waals surface area contributed by atoms with E-state index in [9.17, 15) is 4.79 Å². The zero-order valence-electron chi connectivity index (χ0n) is 10.6. The molecule has 0 aromatic carbocycles. The van der Waals surface area contributed by atoms with Crippen LogP contribution in [0.5, 0.6) is 0 Å². The highest BCUT2D eigenvalue weighted by Gasteiger charge is 2.43. The average Bonchev–Trinajstić information content (AvgIpc) is 2.70. The average molecular weight is 353 g/mol. The van der Waals surface area contributed by atoms with Crippen LogP contribution in [-0.4, -0.2) is 46.3 Å². The molecular weight excluding hydrogens is 333 g/mol. The fourth-order valence-electron chi connectivity index (χ4n) is 2.44. The first-order valence-corrected chi connectivity index (χ1v) is 7.61. The van der Waals surface area contributed by atoms with Crippen molar-refractivity contribution in [2.45, 2.75) is 45.0 Å². The predicted octanol–water partition coefficient (Wildman–Crippen LogP) is 2.45. The lowest BCUT2D eigenvalue weighted by molar-refractivity contribution is 0.0172. The van der Waals surface area contributed by atoms with Crippen molar-refractivity contribution >= 4 is 28.7 Å². The minimum atomic E-state index is -0.416. The maximum absolute atomic E-state index is 11.9. The van der Waals surface area contributed by atoms with Gasteiger partial charge in [-0.05, 0) is 27.2 Å². The number of amides is 1. The molecule has 17 heavy (non-hydrogen) atoms. The minimum absolute atomic E-state index is 0.207. The maximum atomic E-state index is 11.9. The van der Waals surface area contributed by atoms with Crippen LogP contribution in [0.2, 0.25) is 0 Å². The van der Waals surface area contributed by atoms with E-state index in [1.807, 2.05) is 20.8 Å². The summed E-state index contributed by atoms with van der Waals surface area (Å²) < 4.78 is 12.3. The number of carbonyl (C=O) groups excluding carboxylic acids is 1. The Hall–Kier alpha value is -0.0400. The van der Waals surface area contributed by atoms with E-state index < -0.39 is 5.60 Å². The van der Waals surface area contributed by atoms with E-state index >= 15 is 0 Å². The van der Waals surface area contributed by atoms with E-state index in [2.05, 4.69) is 22.6 Å². The molecule has 0 spiro atoms. The highest BCUT2D eigenvalue weighted by Crippen LogP contribution is 2.34. The predicted molar refractivity (Wildman–Crippen MR) is 73.5 cm³/mol. The summed E-state index contributed by atoms with van der Waals surface area (Å²) in [5, 5.41) is 0. The molecule has 2 aliphatic heterocycles. The van der Waals surface area contributed by atoms with Gasteiger partial charge in [0.1, 0.15) is 5.60 Å². The highest BCUT2D eigenvalue weighted by atomic mass is 127. The number of rotatable bonds is 1. The van der Waals surface area contributed by atoms with Crippen LogP contribution in [0.4, 0.5) is 4.79 Å². The van der Waals surface area contributed by atoms with Gasteiger partial charge in [0, 0.05) is 16.9 Å². The van der Waals surface area contributed by atoms with Gasteiger partial charge in [-0.1, -0.05) is 22.6 Å². The number of fused-ring (bicyclic) bond motifs is 1. The molecule has 2 aliphatic rings. The highest BCUT2D eigenvalue weighted by molar-refractivity contribution is 14.1. The summed E-state index contributed by atoms with van der Waals surface area (Å²) in [7, 11) is 0. The Morgan fingerprint density at radius 1 is 1.47 bits per heavy atom. The standard InChI is InChI=1S/C12H20INO3/c1-12(2,3)17-11(15)14-6-8-4-9(5-13)16-10(8)7-14/h8-10H,4-7H2,1-3H3/t8-,9?,10+/m0/s1. The van der Waals surface area contributed by atoms with Crippen LogP contribution in [0.25, 0.3) is 0 Å². The van der Waals surface area contributed by atoms with Gasteiger partial charge in [-0.2, -0.15) is 0 Å². The number of carbonyl (C=O) groups is 1. The second-order valence-corrected chi connectivity index (χ2v) is 6.71. The Morgan fingerprint density at radius 3 is 2.71 bits per heavy atom. The Morgan fingerprint density at radius 2 is 2.18 bits per heavy atom. The maximum Gasteiger partial charge on any atom is 0.410 e. The van der Waals surface area contributed by atoms with Crippen LogP contribution < -0.4 is 0 Å². The quantitative estimate of drug-likeness (QED) is 0.537. The molecule has 2 fully saturated rings. The van der Waals surface area contributed by atoms with Crippen molar-refractivity contribution in [3.8, 4) is 0 Å². The van der Waals surface area contributed by atoms with Crippen molar-refractivity contribution in [2.75, 3.05) is 17.5 Å². The fourth-order valence-corrected chi connectivity index (χ4v) is 3.00. The molecular formula is C12H20INO3. The van der Waals surface area contributed by atoms with Crippen LogP contribution in [0.3, 0.4) is 0 Å². The van der Waals surface area contributed by atoms with Gasteiger partial charge in [-0.3, -0.25) is 0 Å². The number of hydrogen-bond acceptors (Lipinski definition) is 3. The molecule has 2 heterocycles. The molecule has 1 unspecified atom stereocenters. The SMILES string of the molecule is CC(C)(C)OC(=O)N1C[C@@H]2CC(CI)O[C@@H]2C1. The summed E-state index contributed by atoms with van der Waals surface area (Å²) >= 11 is 2.36. The lowest BCUT2D eigenvalue weighted by atomic mass is 10.0. The van der Waals surface area contributed by atoms with Crippen molar-refractivity contribution in [1.29, 1.82) is 0 Å². The van der Waals surface area contributed by atoms with Gasteiger partial charge in [0.2, 0.25) is 0 Å². The largest absolute Gasteiger partial charge is 0.444 e. The molecule has 0 aromatic rings. The van der Waals surface area contributed by atoms with Crippen LogP contribution in [0.1, 0.15) is 27.2 Å². The van der Waals surface area contributed by atoms with Crippen LogP contribution in [0.15, 0.2) is 0 Å². The van der Waals surface area contributed by atoms with Gasteiger partial charge < -0.3 is 14.4 Å². The van der Waals surface area contributed by atoms with Crippen LogP contribution in [0, 0.1) is 5.92 Å². The van der Waals surface area contributed by atoms with Crippen LogP contribution >= 0.6 is 22.6 Å². The van der Waals surface area contributed by atoms with Crippen molar-refractivity contribution in [1.82, 2.24) is 4.90 Å². The van der Waals surface area contributed by atoms with Gasteiger partial charge >= 0.3 is 6.09 Å². The molecule has 2 saturated heterocycles. The van der Waals surface area contributed by atoms with Gasteiger partial charge in [0.05, 0.1) is 18.8 Å². The number of nitrogens with zero attached hydrogens (tertiary/aromatic N) is 1. The molecule has 0 aliphatic carbocycles. The summed E-state index contributed by atoms with van der Waals surface area (Å²) in [6.45, 7) is 7.15. The van der Waals surface area contributed by atoms with Crippen molar-refractivity contribution in [3.05, 3.63) is 0 Å². The van der Waals surface area contributed by atoms with E-state index in [1.165, 1.54) is 0 Å². The molecule has 0 bridgehead atoms. The smallest absolute Gasteiger partial charge is 0.410 e. The van der Waals surface area contributed by atoms with Crippen molar-refractivity contribution in [3.63, 3.8) is 0 Å². The number of halogens is 1.